The van der Waals surface area contributed by atoms with Gasteiger partial charge in [-0.25, -0.2) is 0 Å². The maximum atomic E-state index is 6.29. The standard InChI is InChI=1S/C16H23ClN2O/c1-11(2)20-16-4-3-13(9-14(16)17)18-15-10-19-7-5-12(15)6-8-19/h3-4,9,11-12,15,18H,5-8,10H2,1-2H3. The number of benzene rings is 1. The highest BCUT2D eigenvalue weighted by molar-refractivity contribution is 6.32. The molecule has 110 valence electrons. The largest absolute Gasteiger partial charge is 0.489 e. The maximum Gasteiger partial charge on any atom is 0.138 e. The van der Waals surface area contributed by atoms with Gasteiger partial charge in [0.25, 0.3) is 0 Å². The zero-order valence-corrected chi connectivity index (χ0v) is 13.0. The molecule has 2 bridgehead atoms. The topological polar surface area (TPSA) is 24.5 Å². The van der Waals surface area contributed by atoms with E-state index in [2.05, 4.69) is 16.3 Å². The predicted molar refractivity (Wildman–Crippen MR) is 83.8 cm³/mol. The van der Waals surface area contributed by atoms with Crippen LogP contribution >= 0.6 is 11.6 Å². The quantitative estimate of drug-likeness (QED) is 0.918. The fourth-order valence-electron chi connectivity index (χ4n) is 3.28. The van der Waals surface area contributed by atoms with Crippen LogP contribution in [-0.4, -0.2) is 36.7 Å². The van der Waals surface area contributed by atoms with Crippen LogP contribution in [0, 0.1) is 5.92 Å². The SMILES string of the molecule is CC(C)Oc1ccc(NC2CN3CCC2CC3)cc1Cl. The second-order valence-electron chi connectivity index (χ2n) is 6.20. The molecule has 3 nitrogen and oxygen atoms in total. The Bertz CT molecular complexity index is 470. The van der Waals surface area contributed by atoms with Gasteiger partial charge in [0.05, 0.1) is 11.1 Å². The molecule has 3 fully saturated rings. The maximum absolute atomic E-state index is 6.29. The summed E-state index contributed by atoms with van der Waals surface area (Å²) in [5, 5.41) is 4.34. The van der Waals surface area contributed by atoms with Gasteiger partial charge < -0.3 is 15.0 Å². The number of hydrogen-bond donors (Lipinski definition) is 1. The second kappa shape index (κ2) is 5.82. The van der Waals surface area contributed by atoms with E-state index in [1.54, 1.807) is 0 Å². The Balaban J connectivity index is 1.67. The summed E-state index contributed by atoms with van der Waals surface area (Å²) in [7, 11) is 0. The minimum absolute atomic E-state index is 0.146. The summed E-state index contributed by atoms with van der Waals surface area (Å²) in [5.41, 5.74) is 1.10. The van der Waals surface area contributed by atoms with Crippen molar-refractivity contribution in [3.05, 3.63) is 23.2 Å². The molecule has 0 spiro atoms. The highest BCUT2D eigenvalue weighted by atomic mass is 35.5. The molecule has 0 aromatic heterocycles. The molecule has 3 saturated heterocycles. The molecule has 0 radical (unpaired) electrons. The van der Waals surface area contributed by atoms with Crippen LogP contribution in [0.1, 0.15) is 26.7 Å². The molecule has 3 aliphatic rings. The summed E-state index contributed by atoms with van der Waals surface area (Å²) in [5.74, 6) is 1.58. The molecule has 0 aliphatic carbocycles. The Morgan fingerprint density at radius 2 is 2.05 bits per heavy atom. The van der Waals surface area contributed by atoms with Crippen molar-refractivity contribution in [3.8, 4) is 5.75 Å². The van der Waals surface area contributed by atoms with E-state index in [0.717, 1.165) is 23.9 Å². The van der Waals surface area contributed by atoms with E-state index >= 15 is 0 Å². The zero-order chi connectivity index (χ0) is 14.1. The Hall–Kier alpha value is -0.930. The molecule has 1 unspecified atom stereocenters. The Labute approximate surface area is 126 Å². The summed E-state index contributed by atoms with van der Waals surface area (Å²) in [6.45, 7) is 7.72. The first kappa shape index (κ1) is 14.0. The molecular formula is C16H23ClN2O. The number of rotatable bonds is 4. The average molecular weight is 295 g/mol. The first-order valence-electron chi connectivity index (χ1n) is 7.57. The van der Waals surface area contributed by atoms with Gasteiger partial charge in [-0.15, -0.1) is 0 Å². The van der Waals surface area contributed by atoms with Gasteiger partial charge in [0, 0.05) is 18.3 Å². The molecule has 4 heteroatoms. The predicted octanol–water partition coefficient (Wildman–Crippen LogP) is 3.63. The van der Waals surface area contributed by atoms with Gasteiger partial charge in [-0.2, -0.15) is 0 Å². The van der Waals surface area contributed by atoms with Crippen molar-refractivity contribution < 1.29 is 4.74 Å². The number of anilines is 1. The Morgan fingerprint density at radius 1 is 1.30 bits per heavy atom. The molecule has 4 rings (SSSR count). The van der Waals surface area contributed by atoms with Gasteiger partial charge >= 0.3 is 0 Å². The van der Waals surface area contributed by atoms with Crippen molar-refractivity contribution >= 4 is 17.3 Å². The van der Waals surface area contributed by atoms with E-state index in [1.807, 2.05) is 26.0 Å². The van der Waals surface area contributed by atoms with Crippen LogP contribution in [0.3, 0.4) is 0 Å². The lowest BCUT2D eigenvalue weighted by atomic mass is 9.84. The van der Waals surface area contributed by atoms with Crippen molar-refractivity contribution in [1.82, 2.24) is 4.90 Å². The second-order valence-corrected chi connectivity index (χ2v) is 6.61. The average Bonchev–Trinajstić information content (AvgIpc) is 2.43. The van der Waals surface area contributed by atoms with Gasteiger partial charge in [0.15, 0.2) is 0 Å². The fraction of sp³-hybridized carbons (Fsp3) is 0.625. The molecule has 3 heterocycles. The van der Waals surface area contributed by atoms with Crippen molar-refractivity contribution in [3.63, 3.8) is 0 Å². The van der Waals surface area contributed by atoms with E-state index in [0.29, 0.717) is 11.1 Å². The van der Waals surface area contributed by atoms with Crippen LogP contribution < -0.4 is 10.1 Å². The van der Waals surface area contributed by atoms with Gasteiger partial charge in [0.2, 0.25) is 0 Å². The van der Waals surface area contributed by atoms with Crippen LogP contribution in [0.15, 0.2) is 18.2 Å². The number of nitrogens with zero attached hydrogens (tertiary/aromatic N) is 1. The van der Waals surface area contributed by atoms with Gasteiger partial charge in [-0.05, 0) is 63.9 Å². The molecular weight excluding hydrogens is 272 g/mol. The van der Waals surface area contributed by atoms with E-state index in [4.69, 9.17) is 16.3 Å². The Kier molecular flexibility index (Phi) is 4.08. The molecule has 0 saturated carbocycles. The first-order valence-corrected chi connectivity index (χ1v) is 7.94. The summed E-state index contributed by atoms with van der Waals surface area (Å²) in [6.07, 6.45) is 2.79. The van der Waals surface area contributed by atoms with Crippen molar-refractivity contribution in [2.45, 2.75) is 38.8 Å². The van der Waals surface area contributed by atoms with E-state index in [1.165, 1.54) is 25.9 Å². The minimum Gasteiger partial charge on any atom is -0.489 e. The minimum atomic E-state index is 0.146. The van der Waals surface area contributed by atoms with E-state index in [-0.39, 0.29) is 6.10 Å². The lowest BCUT2D eigenvalue weighted by Gasteiger charge is -2.45. The lowest BCUT2D eigenvalue weighted by Crippen LogP contribution is -2.53. The van der Waals surface area contributed by atoms with Gasteiger partial charge in [-0.3, -0.25) is 0 Å². The third-order valence-corrected chi connectivity index (χ3v) is 4.60. The molecule has 1 atom stereocenters. The van der Waals surface area contributed by atoms with Crippen molar-refractivity contribution in [1.29, 1.82) is 0 Å². The molecule has 1 aromatic carbocycles. The third-order valence-electron chi connectivity index (χ3n) is 4.30. The highest BCUT2D eigenvalue weighted by Gasteiger charge is 2.33. The van der Waals surface area contributed by atoms with E-state index < -0.39 is 0 Å². The van der Waals surface area contributed by atoms with Crippen molar-refractivity contribution in [2.75, 3.05) is 25.0 Å². The number of nitrogens with one attached hydrogen (secondary N) is 1. The zero-order valence-electron chi connectivity index (χ0n) is 12.2. The van der Waals surface area contributed by atoms with Crippen LogP contribution in [0.5, 0.6) is 5.75 Å². The van der Waals surface area contributed by atoms with Gasteiger partial charge in [-0.1, -0.05) is 11.6 Å². The van der Waals surface area contributed by atoms with Crippen molar-refractivity contribution in [2.24, 2.45) is 5.92 Å². The number of hydrogen-bond acceptors (Lipinski definition) is 3. The van der Waals surface area contributed by atoms with Crippen LogP contribution in [0.2, 0.25) is 5.02 Å². The molecule has 20 heavy (non-hydrogen) atoms. The summed E-state index contributed by atoms with van der Waals surface area (Å²) in [6, 6.07) is 6.58. The summed E-state index contributed by atoms with van der Waals surface area (Å²) >= 11 is 6.29. The number of piperidine rings is 3. The van der Waals surface area contributed by atoms with Crippen LogP contribution in [-0.2, 0) is 0 Å². The Morgan fingerprint density at radius 3 is 2.60 bits per heavy atom. The molecule has 3 aliphatic heterocycles. The van der Waals surface area contributed by atoms with Gasteiger partial charge in [0.1, 0.15) is 5.75 Å². The first-order chi connectivity index (χ1) is 9.61. The fourth-order valence-corrected chi connectivity index (χ4v) is 3.51. The smallest absolute Gasteiger partial charge is 0.138 e. The number of ether oxygens (including phenoxy) is 1. The molecule has 1 N–H and O–H groups in total. The van der Waals surface area contributed by atoms with Crippen LogP contribution in [0.25, 0.3) is 0 Å². The highest BCUT2D eigenvalue weighted by Crippen LogP contribution is 2.32. The number of fused-ring (bicyclic) bond motifs is 3. The molecule has 0 amide bonds. The number of halogens is 1. The molecule has 1 aromatic rings. The van der Waals surface area contributed by atoms with E-state index in [9.17, 15) is 0 Å². The van der Waals surface area contributed by atoms with Crippen LogP contribution in [0.4, 0.5) is 5.69 Å². The normalized spacial score (nSPS) is 28.7. The lowest BCUT2D eigenvalue weighted by molar-refractivity contribution is 0.0975. The summed E-state index contributed by atoms with van der Waals surface area (Å²) < 4.78 is 5.67. The third kappa shape index (κ3) is 3.04. The monoisotopic (exact) mass is 294 g/mol. The summed E-state index contributed by atoms with van der Waals surface area (Å²) in [4.78, 5) is 2.55.